The van der Waals surface area contributed by atoms with Crippen LogP contribution in [0.5, 0.6) is 5.75 Å². The highest BCUT2D eigenvalue weighted by Gasteiger charge is 2.24. The van der Waals surface area contributed by atoms with Gasteiger partial charge >= 0.3 is 0 Å². The highest BCUT2D eigenvalue weighted by atomic mass is 19.1. The minimum absolute atomic E-state index is 0.0310. The van der Waals surface area contributed by atoms with Gasteiger partial charge in [-0.15, -0.1) is 0 Å². The summed E-state index contributed by atoms with van der Waals surface area (Å²) >= 11 is 0. The molecule has 1 aliphatic rings. The Morgan fingerprint density at radius 2 is 2.09 bits per heavy atom. The molecule has 0 fully saturated rings. The van der Waals surface area contributed by atoms with Crippen molar-refractivity contribution >= 4 is 23.2 Å². The van der Waals surface area contributed by atoms with E-state index in [9.17, 15) is 14.0 Å². The average molecular weight is 314 g/mol. The Balaban J connectivity index is 1.84. The summed E-state index contributed by atoms with van der Waals surface area (Å²) in [6.07, 6.45) is 0. The lowest BCUT2D eigenvalue weighted by atomic mass is 10.1. The zero-order valence-corrected chi connectivity index (χ0v) is 12.5. The summed E-state index contributed by atoms with van der Waals surface area (Å²) in [6.45, 7) is 2.38. The molecule has 1 N–H and O–H groups in total. The number of carbonyl (C=O) groups excluding carboxylic acids is 2. The van der Waals surface area contributed by atoms with Crippen LogP contribution in [0.15, 0.2) is 42.5 Å². The Morgan fingerprint density at radius 3 is 2.83 bits per heavy atom. The Bertz CT molecular complexity index is 776. The highest BCUT2D eigenvalue weighted by molar-refractivity contribution is 6.05. The highest BCUT2D eigenvalue weighted by Crippen LogP contribution is 2.34. The normalized spacial score (nSPS) is 13.3. The van der Waals surface area contributed by atoms with Gasteiger partial charge in [-0.2, -0.15) is 0 Å². The van der Waals surface area contributed by atoms with Crippen molar-refractivity contribution in [2.75, 3.05) is 23.4 Å². The van der Waals surface area contributed by atoms with Gasteiger partial charge in [0.05, 0.1) is 11.3 Å². The summed E-state index contributed by atoms with van der Waals surface area (Å²) in [6, 6.07) is 10.7. The van der Waals surface area contributed by atoms with E-state index in [4.69, 9.17) is 4.74 Å². The Hall–Kier alpha value is -2.89. The number of nitrogens with zero attached hydrogens (tertiary/aromatic N) is 1. The molecule has 2 amide bonds. The van der Waals surface area contributed by atoms with Gasteiger partial charge in [-0.05, 0) is 31.2 Å². The summed E-state index contributed by atoms with van der Waals surface area (Å²) in [5.41, 5.74) is 1.10. The quantitative estimate of drug-likeness (QED) is 0.948. The molecule has 0 spiro atoms. The van der Waals surface area contributed by atoms with Crippen LogP contribution in [0.3, 0.4) is 0 Å². The van der Waals surface area contributed by atoms with Crippen LogP contribution < -0.4 is 15.0 Å². The summed E-state index contributed by atoms with van der Waals surface area (Å²) in [5, 5.41) is 2.63. The van der Waals surface area contributed by atoms with Gasteiger partial charge in [-0.1, -0.05) is 12.1 Å². The number of fused-ring (bicyclic) bond motifs is 1. The van der Waals surface area contributed by atoms with Crippen molar-refractivity contribution in [1.29, 1.82) is 0 Å². The maximum Gasteiger partial charge on any atom is 0.265 e. The average Bonchev–Trinajstić information content (AvgIpc) is 2.55. The molecule has 2 aromatic rings. The van der Waals surface area contributed by atoms with Gasteiger partial charge in [0.2, 0.25) is 0 Å². The molecule has 0 saturated heterocycles. The van der Waals surface area contributed by atoms with Gasteiger partial charge in [0, 0.05) is 18.3 Å². The summed E-state index contributed by atoms with van der Waals surface area (Å²) in [5.74, 6) is -0.717. The molecular weight excluding hydrogens is 299 g/mol. The predicted octanol–water partition coefficient (Wildman–Crippen LogP) is 2.82. The lowest BCUT2D eigenvalue weighted by Crippen LogP contribution is -2.38. The molecule has 0 bridgehead atoms. The summed E-state index contributed by atoms with van der Waals surface area (Å²) in [4.78, 5) is 25.5. The van der Waals surface area contributed by atoms with Gasteiger partial charge in [-0.25, -0.2) is 4.39 Å². The summed E-state index contributed by atoms with van der Waals surface area (Å²) in [7, 11) is 0. The van der Waals surface area contributed by atoms with Crippen molar-refractivity contribution in [3.05, 3.63) is 53.8 Å². The van der Waals surface area contributed by atoms with Crippen LogP contribution in [-0.4, -0.2) is 25.0 Å². The molecule has 0 aromatic heterocycles. The smallest absolute Gasteiger partial charge is 0.265 e. The van der Waals surface area contributed by atoms with Crippen molar-refractivity contribution in [2.24, 2.45) is 0 Å². The van der Waals surface area contributed by atoms with Crippen molar-refractivity contribution in [1.82, 2.24) is 0 Å². The second-order valence-corrected chi connectivity index (χ2v) is 5.04. The minimum atomic E-state index is -0.582. The van der Waals surface area contributed by atoms with E-state index in [1.165, 1.54) is 18.2 Å². The van der Waals surface area contributed by atoms with Gasteiger partial charge in [-0.3, -0.25) is 9.59 Å². The summed E-state index contributed by atoms with van der Waals surface area (Å²) < 4.78 is 19.0. The lowest BCUT2D eigenvalue weighted by Gasteiger charge is -2.28. The number of halogens is 1. The van der Waals surface area contributed by atoms with E-state index >= 15 is 0 Å². The molecule has 0 saturated carbocycles. The zero-order valence-electron chi connectivity index (χ0n) is 12.5. The van der Waals surface area contributed by atoms with Crippen LogP contribution in [-0.2, 0) is 4.79 Å². The molecule has 118 valence electrons. The second-order valence-electron chi connectivity index (χ2n) is 5.04. The fraction of sp³-hybridized carbons (Fsp3) is 0.176. The fourth-order valence-electron chi connectivity index (χ4n) is 2.47. The number of rotatable bonds is 3. The first-order valence-corrected chi connectivity index (χ1v) is 7.23. The van der Waals surface area contributed by atoms with Crippen molar-refractivity contribution < 1.29 is 18.7 Å². The maximum atomic E-state index is 13.6. The Labute approximate surface area is 132 Å². The number of amides is 2. The van der Waals surface area contributed by atoms with Crippen LogP contribution in [0.4, 0.5) is 15.8 Å². The van der Waals surface area contributed by atoms with Gasteiger partial charge in [0.25, 0.3) is 11.8 Å². The van der Waals surface area contributed by atoms with E-state index in [0.29, 0.717) is 23.7 Å². The number of nitrogens with one attached hydrogen (secondary N) is 1. The van der Waals surface area contributed by atoms with E-state index < -0.39 is 11.7 Å². The standard InChI is InChI=1S/C17H15FN2O3/c1-2-20-14-8-7-11(9-15(14)23-10-16(20)21)19-17(22)12-5-3-4-6-13(12)18/h3-9H,2,10H2,1H3,(H,19,22). The van der Waals surface area contributed by atoms with Crippen molar-refractivity contribution in [3.8, 4) is 5.75 Å². The molecular formula is C17H15FN2O3. The van der Waals surface area contributed by atoms with Gasteiger partial charge in [0.1, 0.15) is 11.6 Å². The van der Waals surface area contributed by atoms with E-state index in [-0.39, 0.29) is 18.1 Å². The predicted molar refractivity (Wildman–Crippen MR) is 84.3 cm³/mol. The third-order valence-electron chi connectivity index (χ3n) is 3.60. The minimum Gasteiger partial charge on any atom is -0.481 e. The number of hydrogen-bond donors (Lipinski definition) is 1. The Kier molecular flexibility index (Phi) is 3.97. The fourth-order valence-corrected chi connectivity index (χ4v) is 2.47. The molecule has 23 heavy (non-hydrogen) atoms. The van der Waals surface area contributed by atoms with Crippen molar-refractivity contribution in [3.63, 3.8) is 0 Å². The van der Waals surface area contributed by atoms with E-state index in [1.807, 2.05) is 6.92 Å². The number of carbonyl (C=O) groups is 2. The molecule has 0 unspecified atom stereocenters. The van der Waals surface area contributed by atoms with Gasteiger partial charge < -0.3 is 15.0 Å². The zero-order chi connectivity index (χ0) is 16.4. The van der Waals surface area contributed by atoms with E-state index in [1.54, 1.807) is 29.2 Å². The molecule has 0 radical (unpaired) electrons. The lowest BCUT2D eigenvalue weighted by molar-refractivity contribution is -0.121. The molecule has 0 aliphatic carbocycles. The monoisotopic (exact) mass is 314 g/mol. The van der Waals surface area contributed by atoms with Crippen LogP contribution in [0.2, 0.25) is 0 Å². The largest absolute Gasteiger partial charge is 0.481 e. The third kappa shape index (κ3) is 2.88. The number of hydrogen-bond acceptors (Lipinski definition) is 3. The molecule has 5 nitrogen and oxygen atoms in total. The first kappa shape index (κ1) is 15.0. The van der Waals surface area contributed by atoms with Crippen LogP contribution >= 0.6 is 0 Å². The molecule has 6 heteroatoms. The second kappa shape index (κ2) is 6.08. The van der Waals surface area contributed by atoms with Crippen LogP contribution in [0.1, 0.15) is 17.3 Å². The van der Waals surface area contributed by atoms with Crippen LogP contribution in [0.25, 0.3) is 0 Å². The van der Waals surface area contributed by atoms with Crippen molar-refractivity contribution in [2.45, 2.75) is 6.92 Å². The number of ether oxygens (including phenoxy) is 1. The number of benzene rings is 2. The molecule has 3 rings (SSSR count). The molecule has 1 heterocycles. The topological polar surface area (TPSA) is 58.6 Å². The molecule has 2 aromatic carbocycles. The first-order chi connectivity index (χ1) is 11.1. The number of anilines is 2. The molecule has 1 aliphatic heterocycles. The van der Waals surface area contributed by atoms with E-state index in [0.717, 1.165) is 0 Å². The first-order valence-electron chi connectivity index (χ1n) is 7.23. The Morgan fingerprint density at radius 1 is 1.30 bits per heavy atom. The molecule has 0 atom stereocenters. The maximum absolute atomic E-state index is 13.6. The van der Waals surface area contributed by atoms with E-state index in [2.05, 4.69) is 5.32 Å². The number of likely N-dealkylation sites (N-methyl/N-ethyl adjacent to an activating group) is 1. The van der Waals surface area contributed by atoms with Gasteiger partial charge in [0.15, 0.2) is 6.61 Å². The van der Waals surface area contributed by atoms with Crippen LogP contribution in [0, 0.1) is 5.82 Å². The SMILES string of the molecule is CCN1C(=O)COc2cc(NC(=O)c3ccccc3F)ccc21. The third-order valence-corrected chi connectivity index (χ3v) is 3.60.